The van der Waals surface area contributed by atoms with E-state index in [1.54, 1.807) is 29.2 Å². The van der Waals surface area contributed by atoms with E-state index >= 15 is 0 Å². The highest BCUT2D eigenvalue weighted by molar-refractivity contribution is 7.90. The topological polar surface area (TPSA) is 135 Å². The molecule has 3 aliphatic rings. The maximum atomic E-state index is 13.3. The number of unbranched alkanes of at least 4 members (excludes halogenated alkanes) is 1. The van der Waals surface area contributed by atoms with E-state index in [-0.39, 0.29) is 23.1 Å². The molecule has 3 aliphatic heterocycles. The molecule has 12 nitrogen and oxygen atoms in total. The van der Waals surface area contributed by atoms with Gasteiger partial charge in [0.2, 0.25) is 11.8 Å². The van der Waals surface area contributed by atoms with Gasteiger partial charge in [0.15, 0.2) is 9.84 Å². The van der Waals surface area contributed by atoms with Crippen LogP contribution in [0.3, 0.4) is 0 Å². The molecule has 0 radical (unpaired) electrons. The van der Waals surface area contributed by atoms with E-state index in [0.29, 0.717) is 43.2 Å². The summed E-state index contributed by atoms with van der Waals surface area (Å²) in [6.45, 7) is 7.74. The zero-order valence-electron chi connectivity index (χ0n) is 33.3. The molecular formula is C46H48N4O8S. The van der Waals surface area contributed by atoms with Crippen molar-refractivity contribution in [3.8, 4) is 34.1 Å². The molecule has 0 spiro atoms. The number of sulfone groups is 1. The molecule has 1 atom stereocenters. The lowest BCUT2D eigenvalue weighted by Crippen LogP contribution is -2.52. The van der Waals surface area contributed by atoms with Crippen molar-refractivity contribution in [1.82, 2.24) is 15.1 Å². The van der Waals surface area contributed by atoms with Gasteiger partial charge in [-0.1, -0.05) is 37.6 Å². The van der Waals surface area contributed by atoms with E-state index in [1.807, 2.05) is 72.8 Å². The molecule has 2 saturated heterocycles. The molecule has 13 heteroatoms. The minimum atomic E-state index is -3.34. The van der Waals surface area contributed by atoms with Gasteiger partial charge >= 0.3 is 0 Å². The SMILES string of the molecule is CCCCOc1ccc2c(Oc3ccc(OCCN4CCN(c5ccc6c(c5)C(=O)N(C5CCC(=O)NC5=O)C6)CC4)cc3)c(-c3ccc(S(C)(=O)=O)cc3)ccc2c1. The van der Waals surface area contributed by atoms with Gasteiger partial charge in [-0.15, -0.1) is 0 Å². The lowest BCUT2D eigenvalue weighted by Gasteiger charge is -2.36. The van der Waals surface area contributed by atoms with Crippen molar-refractivity contribution < 1.29 is 37.0 Å². The number of carbonyl (C=O) groups is 3. The minimum Gasteiger partial charge on any atom is -0.494 e. The van der Waals surface area contributed by atoms with E-state index in [0.717, 1.165) is 90.2 Å². The van der Waals surface area contributed by atoms with Crippen LogP contribution in [-0.2, 0) is 26.0 Å². The average Bonchev–Trinajstić information content (AvgIpc) is 3.56. The van der Waals surface area contributed by atoms with Crippen LogP contribution < -0.4 is 24.4 Å². The third kappa shape index (κ3) is 8.91. The van der Waals surface area contributed by atoms with Gasteiger partial charge in [-0.05, 0) is 102 Å². The fourth-order valence-electron chi connectivity index (χ4n) is 7.91. The first-order chi connectivity index (χ1) is 28.5. The monoisotopic (exact) mass is 816 g/mol. The molecule has 8 rings (SSSR count). The van der Waals surface area contributed by atoms with Crippen LogP contribution in [0.15, 0.2) is 102 Å². The maximum absolute atomic E-state index is 13.3. The van der Waals surface area contributed by atoms with Crippen LogP contribution in [0.5, 0.6) is 23.0 Å². The maximum Gasteiger partial charge on any atom is 0.255 e. The fourth-order valence-corrected chi connectivity index (χ4v) is 8.54. The van der Waals surface area contributed by atoms with Gasteiger partial charge in [0.1, 0.15) is 35.6 Å². The number of benzene rings is 5. The summed E-state index contributed by atoms with van der Waals surface area (Å²) < 4.78 is 43.0. The van der Waals surface area contributed by atoms with Gasteiger partial charge in [-0.3, -0.25) is 24.6 Å². The smallest absolute Gasteiger partial charge is 0.255 e. The van der Waals surface area contributed by atoms with Crippen molar-refractivity contribution in [3.05, 3.63) is 108 Å². The second kappa shape index (κ2) is 17.1. The summed E-state index contributed by atoms with van der Waals surface area (Å²) >= 11 is 0. The first-order valence-corrected chi connectivity index (χ1v) is 22.1. The lowest BCUT2D eigenvalue weighted by molar-refractivity contribution is -0.136. The van der Waals surface area contributed by atoms with Crippen LogP contribution in [0.1, 0.15) is 48.5 Å². The molecule has 0 aromatic heterocycles. The minimum absolute atomic E-state index is 0.161. The molecule has 306 valence electrons. The average molecular weight is 817 g/mol. The van der Waals surface area contributed by atoms with Crippen molar-refractivity contribution in [3.63, 3.8) is 0 Å². The van der Waals surface area contributed by atoms with Crippen LogP contribution in [0.4, 0.5) is 5.69 Å². The van der Waals surface area contributed by atoms with E-state index in [4.69, 9.17) is 14.2 Å². The number of piperidine rings is 1. The number of imide groups is 1. The molecule has 5 aromatic rings. The summed E-state index contributed by atoms with van der Waals surface area (Å²) in [5, 5.41) is 4.23. The molecule has 0 bridgehead atoms. The predicted molar refractivity (Wildman–Crippen MR) is 226 cm³/mol. The summed E-state index contributed by atoms with van der Waals surface area (Å²) in [6, 6.07) is 29.7. The fraction of sp³-hybridized carbons (Fsp3) is 0.326. The summed E-state index contributed by atoms with van der Waals surface area (Å²) in [6.07, 6.45) is 3.81. The largest absolute Gasteiger partial charge is 0.494 e. The van der Waals surface area contributed by atoms with Gasteiger partial charge in [-0.2, -0.15) is 0 Å². The molecule has 1 unspecified atom stereocenters. The Morgan fingerprint density at radius 3 is 2.22 bits per heavy atom. The highest BCUT2D eigenvalue weighted by Crippen LogP contribution is 2.41. The lowest BCUT2D eigenvalue weighted by atomic mass is 9.99. The van der Waals surface area contributed by atoms with Crippen molar-refractivity contribution in [2.24, 2.45) is 0 Å². The normalized spacial score (nSPS) is 17.3. The molecule has 1 N–H and O–H groups in total. The second-order valence-electron chi connectivity index (χ2n) is 15.3. The van der Waals surface area contributed by atoms with E-state index in [9.17, 15) is 22.8 Å². The molecular weight excluding hydrogens is 769 g/mol. The van der Waals surface area contributed by atoms with Crippen LogP contribution >= 0.6 is 0 Å². The van der Waals surface area contributed by atoms with Gasteiger partial charge in [-0.25, -0.2) is 8.42 Å². The molecule has 0 aliphatic carbocycles. The number of carbonyl (C=O) groups excluding carboxylic acids is 3. The molecule has 3 heterocycles. The third-order valence-corrected chi connectivity index (χ3v) is 12.4. The number of nitrogens with zero attached hydrogens (tertiary/aromatic N) is 3. The quantitative estimate of drug-likeness (QED) is 0.0938. The number of ether oxygens (including phenoxy) is 3. The Labute approximate surface area is 344 Å². The predicted octanol–water partition coefficient (Wildman–Crippen LogP) is 6.84. The number of fused-ring (bicyclic) bond motifs is 2. The van der Waals surface area contributed by atoms with Crippen molar-refractivity contribution in [1.29, 1.82) is 0 Å². The standard InChI is InChI=1S/C46H48N4O8S/c1-3-4-26-56-37-14-18-40-32(28-37)8-17-39(31-6-15-38(16-7-31)59(2,54)55)44(40)58-36-12-10-35(11-13-36)57-27-25-48-21-23-49(24-22-48)34-9-5-33-30-50(46(53)41(33)29-34)42-19-20-43(51)47-45(42)52/h5-18,28-29,42H,3-4,19-27,30H2,1-2H3,(H,47,51,52). The molecule has 0 saturated carbocycles. The van der Waals surface area contributed by atoms with Crippen molar-refractivity contribution in [2.45, 2.75) is 50.1 Å². The summed E-state index contributed by atoms with van der Waals surface area (Å²) in [7, 11) is -3.34. The number of hydrogen-bond donors (Lipinski definition) is 1. The van der Waals surface area contributed by atoms with E-state index in [1.165, 1.54) is 6.26 Å². The third-order valence-electron chi connectivity index (χ3n) is 11.3. The van der Waals surface area contributed by atoms with Crippen LogP contribution in [0, 0.1) is 0 Å². The molecule has 3 amide bonds. The summed E-state index contributed by atoms with van der Waals surface area (Å²) in [5.74, 6) is 1.96. The van der Waals surface area contributed by atoms with Gasteiger partial charge in [0, 0.05) is 74.1 Å². The number of anilines is 1. The molecule has 5 aromatic carbocycles. The van der Waals surface area contributed by atoms with E-state index < -0.39 is 21.8 Å². The number of amides is 3. The van der Waals surface area contributed by atoms with Crippen LogP contribution in [0.2, 0.25) is 0 Å². The van der Waals surface area contributed by atoms with Crippen molar-refractivity contribution in [2.75, 3.05) is 57.1 Å². The zero-order chi connectivity index (χ0) is 41.1. The van der Waals surface area contributed by atoms with Gasteiger partial charge in [0.25, 0.3) is 5.91 Å². The Balaban J connectivity index is 0.873. The highest BCUT2D eigenvalue weighted by Gasteiger charge is 2.39. The van der Waals surface area contributed by atoms with E-state index in [2.05, 4.69) is 22.0 Å². The van der Waals surface area contributed by atoms with Crippen LogP contribution in [-0.4, -0.2) is 94.2 Å². The Hall–Kier alpha value is -5.92. The Morgan fingerprint density at radius 2 is 1.49 bits per heavy atom. The number of piperazine rings is 1. The highest BCUT2D eigenvalue weighted by atomic mass is 32.2. The van der Waals surface area contributed by atoms with Crippen LogP contribution in [0.25, 0.3) is 21.9 Å². The number of hydrogen-bond acceptors (Lipinski definition) is 10. The summed E-state index contributed by atoms with van der Waals surface area (Å²) in [5.41, 5.74) is 4.18. The first-order valence-electron chi connectivity index (χ1n) is 20.2. The Morgan fingerprint density at radius 1 is 0.763 bits per heavy atom. The Bertz CT molecular complexity index is 2480. The van der Waals surface area contributed by atoms with Gasteiger partial charge in [0.05, 0.1) is 11.5 Å². The molecule has 59 heavy (non-hydrogen) atoms. The molecule has 2 fully saturated rings. The Kier molecular flexibility index (Phi) is 11.6. The number of rotatable bonds is 14. The first kappa shape index (κ1) is 39.9. The zero-order valence-corrected chi connectivity index (χ0v) is 34.1. The van der Waals surface area contributed by atoms with Crippen molar-refractivity contribution >= 4 is 44.0 Å². The second-order valence-corrected chi connectivity index (χ2v) is 17.3. The summed E-state index contributed by atoms with van der Waals surface area (Å²) in [4.78, 5) is 43.9. The van der Waals surface area contributed by atoms with Gasteiger partial charge < -0.3 is 24.0 Å². The number of nitrogens with one attached hydrogen (secondary N) is 1.